The van der Waals surface area contributed by atoms with Crippen LogP contribution >= 0.6 is 23.4 Å². The molecule has 1 aliphatic heterocycles. The second kappa shape index (κ2) is 6.12. The molecule has 1 fully saturated rings. The van der Waals surface area contributed by atoms with Crippen LogP contribution in [0.25, 0.3) is 0 Å². The Hall–Kier alpha value is -1.46. The van der Waals surface area contributed by atoms with Crippen LogP contribution in [0.2, 0.25) is 5.02 Å². The van der Waals surface area contributed by atoms with Crippen LogP contribution in [0.3, 0.4) is 0 Å². The first-order valence-corrected chi connectivity index (χ1v) is 8.30. The highest BCUT2D eigenvalue weighted by atomic mass is 35.5. The second-order valence-corrected chi connectivity index (χ2v) is 6.65. The van der Waals surface area contributed by atoms with Crippen molar-refractivity contribution < 1.29 is 4.79 Å². The fourth-order valence-corrected chi connectivity index (χ4v) is 3.69. The predicted octanol–water partition coefficient (Wildman–Crippen LogP) is 3.00. The average Bonchev–Trinajstić information content (AvgIpc) is 2.94. The summed E-state index contributed by atoms with van der Waals surface area (Å²) in [6.45, 7) is 0.743. The van der Waals surface area contributed by atoms with Crippen LogP contribution in [0.5, 0.6) is 0 Å². The largest absolute Gasteiger partial charge is 0.340 e. The maximum Gasteiger partial charge on any atom is 0.274 e. The quantitative estimate of drug-likeness (QED) is 0.853. The van der Waals surface area contributed by atoms with Crippen molar-refractivity contribution in [2.45, 2.75) is 6.04 Å². The van der Waals surface area contributed by atoms with Gasteiger partial charge < -0.3 is 9.47 Å². The highest BCUT2D eigenvalue weighted by Crippen LogP contribution is 2.31. The zero-order valence-electron chi connectivity index (χ0n) is 11.7. The Morgan fingerprint density at radius 1 is 1.38 bits per heavy atom. The van der Waals surface area contributed by atoms with Crippen LogP contribution in [0.4, 0.5) is 0 Å². The van der Waals surface area contributed by atoms with E-state index in [4.69, 9.17) is 11.6 Å². The maximum atomic E-state index is 12.7. The Morgan fingerprint density at radius 2 is 2.14 bits per heavy atom. The summed E-state index contributed by atoms with van der Waals surface area (Å²) in [5.41, 5.74) is 1.62. The summed E-state index contributed by atoms with van der Waals surface area (Å²) in [5.74, 6) is 1.86. The monoisotopic (exact) mass is 321 g/mol. The Kier molecular flexibility index (Phi) is 4.22. The lowest BCUT2D eigenvalue weighted by atomic mass is 10.1. The van der Waals surface area contributed by atoms with Crippen LogP contribution in [0.15, 0.2) is 36.8 Å². The first kappa shape index (κ1) is 14.5. The first-order valence-electron chi connectivity index (χ1n) is 6.77. The van der Waals surface area contributed by atoms with Crippen LogP contribution in [-0.2, 0) is 7.05 Å². The number of halogens is 1. The number of amides is 1. The van der Waals surface area contributed by atoms with Crippen LogP contribution < -0.4 is 0 Å². The summed E-state index contributed by atoms with van der Waals surface area (Å²) in [7, 11) is 1.87. The average molecular weight is 322 g/mol. The molecule has 2 heterocycles. The minimum atomic E-state index is -0.00384. The standard InChI is InChI=1S/C15H16ClN3OS/c1-18-8-13(17-10-18)15(20)19-6-7-21-9-14(19)11-2-4-12(16)5-3-11/h2-5,8,10,14H,6-7,9H2,1H3/t14-/m1/s1. The highest BCUT2D eigenvalue weighted by molar-refractivity contribution is 7.99. The number of aryl methyl sites for hydroxylation is 1. The number of carbonyl (C=O) groups is 1. The Balaban J connectivity index is 1.87. The van der Waals surface area contributed by atoms with Crippen molar-refractivity contribution in [3.63, 3.8) is 0 Å². The van der Waals surface area contributed by atoms with Gasteiger partial charge in [0, 0.05) is 36.3 Å². The molecule has 0 unspecified atom stereocenters. The first-order chi connectivity index (χ1) is 10.1. The third kappa shape index (κ3) is 3.09. The molecule has 0 N–H and O–H groups in total. The van der Waals surface area contributed by atoms with E-state index in [2.05, 4.69) is 4.98 Å². The SMILES string of the molecule is Cn1cnc(C(=O)N2CCSC[C@@H]2c2ccc(Cl)cc2)c1. The smallest absolute Gasteiger partial charge is 0.274 e. The molecule has 4 nitrogen and oxygen atoms in total. The van der Waals surface area contributed by atoms with E-state index in [0.717, 1.165) is 23.6 Å². The van der Waals surface area contributed by atoms with Gasteiger partial charge in [-0.1, -0.05) is 23.7 Å². The minimum Gasteiger partial charge on any atom is -0.340 e. The van der Waals surface area contributed by atoms with Gasteiger partial charge in [-0.05, 0) is 17.7 Å². The molecule has 0 radical (unpaired) electrons. The predicted molar refractivity (Wildman–Crippen MR) is 85.8 cm³/mol. The van der Waals surface area contributed by atoms with E-state index < -0.39 is 0 Å². The number of nitrogens with zero attached hydrogens (tertiary/aromatic N) is 3. The second-order valence-electron chi connectivity index (χ2n) is 5.07. The van der Waals surface area contributed by atoms with Crippen molar-refractivity contribution in [2.75, 3.05) is 18.1 Å². The number of rotatable bonds is 2. The number of hydrogen-bond donors (Lipinski definition) is 0. The Labute approximate surface area is 133 Å². The molecule has 6 heteroatoms. The lowest BCUT2D eigenvalue weighted by molar-refractivity contribution is 0.0696. The molecular weight excluding hydrogens is 306 g/mol. The number of imidazole rings is 1. The normalized spacial score (nSPS) is 18.8. The summed E-state index contributed by atoms with van der Waals surface area (Å²) in [5, 5.41) is 0.713. The molecule has 110 valence electrons. The van der Waals surface area contributed by atoms with Gasteiger partial charge in [-0.25, -0.2) is 4.98 Å². The summed E-state index contributed by atoms with van der Waals surface area (Å²) in [6.07, 6.45) is 3.42. The van der Waals surface area contributed by atoms with E-state index in [1.807, 2.05) is 48.0 Å². The topological polar surface area (TPSA) is 38.1 Å². The lowest BCUT2D eigenvalue weighted by Crippen LogP contribution is -2.40. The van der Waals surface area contributed by atoms with Crippen LogP contribution in [0, 0.1) is 0 Å². The van der Waals surface area contributed by atoms with Gasteiger partial charge in [0.1, 0.15) is 5.69 Å². The molecule has 3 rings (SSSR count). The molecule has 0 bridgehead atoms. The van der Waals surface area contributed by atoms with Crippen molar-refractivity contribution in [3.05, 3.63) is 53.1 Å². The fraction of sp³-hybridized carbons (Fsp3) is 0.333. The van der Waals surface area contributed by atoms with E-state index in [0.29, 0.717) is 10.7 Å². The van der Waals surface area contributed by atoms with E-state index >= 15 is 0 Å². The van der Waals surface area contributed by atoms with Gasteiger partial charge in [0.25, 0.3) is 5.91 Å². The van der Waals surface area contributed by atoms with Gasteiger partial charge in [-0.3, -0.25) is 4.79 Å². The summed E-state index contributed by atoms with van der Waals surface area (Å²) < 4.78 is 1.79. The molecule has 1 aliphatic rings. The molecule has 21 heavy (non-hydrogen) atoms. The Bertz CT molecular complexity index is 641. The van der Waals surface area contributed by atoms with Crippen molar-refractivity contribution in [1.29, 1.82) is 0 Å². The van der Waals surface area contributed by atoms with E-state index in [1.54, 1.807) is 17.1 Å². The van der Waals surface area contributed by atoms with Gasteiger partial charge in [0.2, 0.25) is 0 Å². The van der Waals surface area contributed by atoms with E-state index in [9.17, 15) is 4.79 Å². The third-order valence-corrected chi connectivity index (χ3v) is 4.84. The van der Waals surface area contributed by atoms with Gasteiger partial charge in [-0.15, -0.1) is 0 Å². The molecule has 2 aromatic rings. The fourth-order valence-electron chi connectivity index (χ4n) is 2.48. The van der Waals surface area contributed by atoms with Crippen LogP contribution in [0.1, 0.15) is 22.1 Å². The minimum absolute atomic E-state index is 0.00384. The summed E-state index contributed by atoms with van der Waals surface area (Å²) in [4.78, 5) is 18.8. The van der Waals surface area contributed by atoms with Crippen molar-refractivity contribution in [3.8, 4) is 0 Å². The van der Waals surface area contributed by atoms with Gasteiger partial charge >= 0.3 is 0 Å². The molecular formula is C15H16ClN3OS. The van der Waals surface area contributed by atoms with Crippen molar-refractivity contribution >= 4 is 29.3 Å². The molecule has 1 aromatic carbocycles. The number of benzene rings is 1. The van der Waals surface area contributed by atoms with E-state index in [1.165, 1.54) is 0 Å². The molecule has 0 spiro atoms. The molecule has 1 saturated heterocycles. The number of thioether (sulfide) groups is 1. The molecule has 1 aromatic heterocycles. The molecule has 0 aliphatic carbocycles. The number of aromatic nitrogens is 2. The zero-order valence-corrected chi connectivity index (χ0v) is 13.3. The van der Waals surface area contributed by atoms with Crippen LogP contribution in [-0.4, -0.2) is 38.4 Å². The molecule has 1 atom stereocenters. The van der Waals surface area contributed by atoms with Gasteiger partial charge in [0.15, 0.2) is 0 Å². The number of carbonyl (C=O) groups excluding carboxylic acids is 1. The highest BCUT2D eigenvalue weighted by Gasteiger charge is 2.29. The summed E-state index contributed by atoms with van der Waals surface area (Å²) in [6, 6.07) is 7.82. The number of hydrogen-bond acceptors (Lipinski definition) is 3. The molecule has 1 amide bonds. The maximum absolute atomic E-state index is 12.7. The summed E-state index contributed by atoms with van der Waals surface area (Å²) >= 11 is 7.82. The Morgan fingerprint density at radius 3 is 2.81 bits per heavy atom. The van der Waals surface area contributed by atoms with Gasteiger partial charge in [0.05, 0.1) is 12.4 Å². The van der Waals surface area contributed by atoms with E-state index in [-0.39, 0.29) is 11.9 Å². The van der Waals surface area contributed by atoms with Crippen molar-refractivity contribution in [2.24, 2.45) is 7.05 Å². The third-order valence-electron chi connectivity index (χ3n) is 3.57. The van der Waals surface area contributed by atoms with Crippen molar-refractivity contribution in [1.82, 2.24) is 14.5 Å². The zero-order chi connectivity index (χ0) is 14.8. The lowest BCUT2D eigenvalue weighted by Gasteiger charge is -2.35. The van der Waals surface area contributed by atoms with Gasteiger partial charge in [-0.2, -0.15) is 11.8 Å². The molecule has 0 saturated carbocycles.